The number of aromatic nitrogens is 1. The molecule has 1 N–H and O–H groups in total. The molecule has 0 fully saturated rings. The summed E-state index contributed by atoms with van der Waals surface area (Å²) < 4.78 is 7.37. The summed E-state index contributed by atoms with van der Waals surface area (Å²) in [7, 11) is 1.62. The Morgan fingerprint density at radius 3 is 2.62 bits per heavy atom. The number of benzene rings is 2. The quantitative estimate of drug-likeness (QED) is 0.545. The van der Waals surface area contributed by atoms with E-state index in [9.17, 15) is 4.79 Å². The van der Waals surface area contributed by atoms with Crippen molar-refractivity contribution in [2.75, 3.05) is 7.11 Å². The Kier molecular flexibility index (Phi) is 5.37. The zero-order valence-corrected chi connectivity index (χ0v) is 15.3. The normalized spacial score (nSPS) is 11.2. The first-order valence-corrected chi connectivity index (χ1v) is 8.66. The Morgan fingerprint density at radius 2 is 1.92 bits per heavy atom. The number of aryl methyl sites for hydroxylation is 1. The second-order valence-corrected chi connectivity index (χ2v) is 6.08. The Bertz CT molecular complexity index is 940. The molecule has 0 aliphatic rings. The minimum Gasteiger partial charge on any atom is -0.497 e. The van der Waals surface area contributed by atoms with Crippen molar-refractivity contribution in [2.45, 2.75) is 26.8 Å². The minimum atomic E-state index is -0.150. The van der Waals surface area contributed by atoms with Crippen LogP contribution in [0.15, 0.2) is 53.6 Å². The molecule has 1 amide bonds. The lowest BCUT2D eigenvalue weighted by molar-refractivity contribution is -0.120. The van der Waals surface area contributed by atoms with Gasteiger partial charge in [0, 0.05) is 28.7 Å². The molecular formula is C21H23N3O2. The van der Waals surface area contributed by atoms with Crippen molar-refractivity contribution in [2.24, 2.45) is 5.10 Å². The van der Waals surface area contributed by atoms with E-state index in [1.165, 1.54) is 5.52 Å². The number of hydrazone groups is 1. The number of nitrogens with zero attached hydrogens (tertiary/aromatic N) is 2. The van der Waals surface area contributed by atoms with Gasteiger partial charge in [0.25, 0.3) is 0 Å². The van der Waals surface area contributed by atoms with Crippen LogP contribution in [0.4, 0.5) is 0 Å². The third-order valence-electron chi connectivity index (χ3n) is 4.50. The van der Waals surface area contributed by atoms with Gasteiger partial charge in [0.15, 0.2) is 0 Å². The van der Waals surface area contributed by atoms with Crippen LogP contribution in [0.5, 0.6) is 5.75 Å². The maximum absolute atomic E-state index is 12.1. The van der Waals surface area contributed by atoms with Gasteiger partial charge >= 0.3 is 0 Å². The summed E-state index contributed by atoms with van der Waals surface area (Å²) in [5.74, 6) is 0.623. The maximum atomic E-state index is 12.1. The van der Waals surface area contributed by atoms with E-state index in [0.717, 1.165) is 34.5 Å². The van der Waals surface area contributed by atoms with Gasteiger partial charge in [0.1, 0.15) is 5.75 Å². The van der Waals surface area contributed by atoms with Gasteiger partial charge in [0.2, 0.25) is 5.91 Å². The number of rotatable bonds is 6. The molecule has 2 aromatic carbocycles. The average molecular weight is 349 g/mol. The zero-order chi connectivity index (χ0) is 18.5. The van der Waals surface area contributed by atoms with Crippen molar-refractivity contribution < 1.29 is 9.53 Å². The Morgan fingerprint density at radius 1 is 1.19 bits per heavy atom. The van der Waals surface area contributed by atoms with Gasteiger partial charge < -0.3 is 9.30 Å². The first-order chi connectivity index (χ1) is 12.6. The van der Waals surface area contributed by atoms with E-state index in [1.54, 1.807) is 13.3 Å². The molecule has 3 aromatic rings. The van der Waals surface area contributed by atoms with E-state index in [1.807, 2.05) is 36.4 Å². The highest BCUT2D eigenvalue weighted by molar-refractivity contribution is 6.01. The molecule has 134 valence electrons. The van der Waals surface area contributed by atoms with Gasteiger partial charge in [-0.05, 0) is 37.6 Å². The predicted molar refractivity (Wildman–Crippen MR) is 105 cm³/mol. The van der Waals surface area contributed by atoms with E-state index in [0.29, 0.717) is 0 Å². The number of amides is 1. The number of fused-ring (bicyclic) bond motifs is 1. The molecule has 1 heterocycles. The molecule has 0 bridgehead atoms. The van der Waals surface area contributed by atoms with E-state index >= 15 is 0 Å². The third-order valence-corrected chi connectivity index (χ3v) is 4.50. The van der Waals surface area contributed by atoms with Gasteiger partial charge in [-0.1, -0.05) is 30.3 Å². The highest BCUT2D eigenvalue weighted by atomic mass is 16.5. The van der Waals surface area contributed by atoms with Gasteiger partial charge in [-0.3, -0.25) is 4.79 Å². The molecule has 3 rings (SSSR count). The lowest BCUT2D eigenvalue weighted by Crippen LogP contribution is -2.19. The van der Waals surface area contributed by atoms with E-state index in [2.05, 4.69) is 41.1 Å². The summed E-state index contributed by atoms with van der Waals surface area (Å²) in [6.45, 7) is 5.09. The molecule has 26 heavy (non-hydrogen) atoms. The molecule has 0 radical (unpaired) electrons. The molecule has 0 atom stereocenters. The number of para-hydroxylation sites is 1. The summed E-state index contributed by atoms with van der Waals surface area (Å²) in [5, 5.41) is 5.31. The number of carbonyl (C=O) groups is 1. The van der Waals surface area contributed by atoms with Crippen molar-refractivity contribution >= 4 is 23.0 Å². The van der Waals surface area contributed by atoms with Gasteiger partial charge in [-0.2, -0.15) is 5.10 Å². The van der Waals surface area contributed by atoms with Crippen molar-refractivity contribution in [1.29, 1.82) is 0 Å². The number of hydrogen-bond acceptors (Lipinski definition) is 3. The number of hydrogen-bond donors (Lipinski definition) is 1. The standard InChI is InChI=1S/C21H23N3O2/c1-4-24-15(2)19(18-7-5-6-8-20(18)24)14-22-23-21(25)13-16-9-11-17(26-3)12-10-16/h5-12,14H,4,13H2,1-3H3,(H,23,25)/b22-14-. The summed E-state index contributed by atoms with van der Waals surface area (Å²) in [6, 6.07) is 15.7. The second kappa shape index (κ2) is 7.87. The summed E-state index contributed by atoms with van der Waals surface area (Å²) in [4.78, 5) is 12.1. The molecule has 0 unspecified atom stereocenters. The first-order valence-electron chi connectivity index (χ1n) is 8.66. The van der Waals surface area contributed by atoms with Crippen LogP contribution in [-0.4, -0.2) is 23.8 Å². The van der Waals surface area contributed by atoms with Crippen LogP contribution >= 0.6 is 0 Å². The number of carbonyl (C=O) groups excluding carboxylic acids is 1. The highest BCUT2D eigenvalue weighted by Gasteiger charge is 2.11. The maximum Gasteiger partial charge on any atom is 0.244 e. The molecule has 0 saturated carbocycles. The van der Waals surface area contributed by atoms with Crippen molar-refractivity contribution in [3.05, 3.63) is 65.4 Å². The fourth-order valence-corrected chi connectivity index (χ4v) is 3.17. The predicted octanol–water partition coefficient (Wildman–Crippen LogP) is 3.67. The summed E-state index contributed by atoms with van der Waals surface area (Å²) >= 11 is 0. The largest absolute Gasteiger partial charge is 0.497 e. The monoisotopic (exact) mass is 349 g/mol. The van der Waals surface area contributed by atoms with Crippen LogP contribution < -0.4 is 10.2 Å². The van der Waals surface area contributed by atoms with Crippen molar-refractivity contribution in [3.8, 4) is 5.75 Å². The number of methoxy groups -OCH3 is 1. The van der Waals surface area contributed by atoms with Crippen LogP contribution in [-0.2, 0) is 17.8 Å². The molecule has 0 aliphatic heterocycles. The lowest BCUT2D eigenvalue weighted by Gasteiger charge is -2.03. The average Bonchev–Trinajstić information content (AvgIpc) is 2.93. The molecule has 1 aromatic heterocycles. The Labute approximate surface area is 153 Å². The van der Waals surface area contributed by atoms with E-state index < -0.39 is 0 Å². The number of ether oxygens (including phenoxy) is 1. The SMILES string of the molecule is CCn1c(C)c(/C=N\NC(=O)Cc2ccc(OC)cc2)c2ccccc21. The molecule has 0 saturated heterocycles. The molecular weight excluding hydrogens is 326 g/mol. The fourth-order valence-electron chi connectivity index (χ4n) is 3.17. The zero-order valence-electron chi connectivity index (χ0n) is 15.3. The molecule has 5 nitrogen and oxygen atoms in total. The first kappa shape index (κ1) is 17.7. The smallest absolute Gasteiger partial charge is 0.244 e. The topological polar surface area (TPSA) is 55.6 Å². The molecule has 0 aliphatic carbocycles. The second-order valence-electron chi connectivity index (χ2n) is 6.08. The lowest BCUT2D eigenvalue weighted by atomic mass is 10.1. The van der Waals surface area contributed by atoms with Gasteiger partial charge in [-0.25, -0.2) is 5.43 Å². The Balaban J connectivity index is 1.71. The van der Waals surface area contributed by atoms with E-state index in [-0.39, 0.29) is 12.3 Å². The summed E-state index contributed by atoms with van der Waals surface area (Å²) in [5.41, 5.74) is 6.89. The van der Waals surface area contributed by atoms with Crippen LogP contribution in [0.2, 0.25) is 0 Å². The Hall–Kier alpha value is -3.08. The van der Waals surface area contributed by atoms with Gasteiger partial charge in [-0.15, -0.1) is 0 Å². The number of nitrogens with one attached hydrogen (secondary N) is 1. The molecule has 5 heteroatoms. The third kappa shape index (κ3) is 3.61. The molecule has 0 spiro atoms. The van der Waals surface area contributed by atoms with Crippen LogP contribution in [0.3, 0.4) is 0 Å². The van der Waals surface area contributed by atoms with Crippen molar-refractivity contribution in [1.82, 2.24) is 9.99 Å². The highest BCUT2D eigenvalue weighted by Crippen LogP contribution is 2.24. The fraction of sp³-hybridized carbons (Fsp3) is 0.238. The van der Waals surface area contributed by atoms with Crippen LogP contribution in [0.1, 0.15) is 23.7 Å². The van der Waals surface area contributed by atoms with Gasteiger partial charge in [0.05, 0.1) is 19.7 Å². The van der Waals surface area contributed by atoms with Crippen molar-refractivity contribution in [3.63, 3.8) is 0 Å². The minimum absolute atomic E-state index is 0.150. The summed E-state index contributed by atoms with van der Waals surface area (Å²) in [6.07, 6.45) is 2.01. The van der Waals surface area contributed by atoms with E-state index in [4.69, 9.17) is 4.74 Å². The van der Waals surface area contributed by atoms with Crippen LogP contribution in [0.25, 0.3) is 10.9 Å². The van der Waals surface area contributed by atoms with Crippen LogP contribution in [0, 0.1) is 6.92 Å².